The summed E-state index contributed by atoms with van der Waals surface area (Å²) in [6.07, 6.45) is 3.10. The SMILES string of the molecule is CCN(CC(=O)O)C1CC(NC(=O)NC2CCc3c(O)cccc32)C1. The molecule has 0 saturated heterocycles. The summed E-state index contributed by atoms with van der Waals surface area (Å²) >= 11 is 0. The van der Waals surface area contributed by atoms with E-state index in [9.17, 15) is 14.7 Å². The van der Waals surface area contributed by atoms with Crippen LogP contribution in [-0.2, 0) is 11.2 Å². The third kappa shape index (κ3) is 3.87. The van der Waals surface area contributed by atoms with Gasteiger partial charge in [0.15, 0.2) is 0 Å². The number of phenols is 1. The first-order chi connectivity index (χ1) is 12.0. The van der Waals surface area contributed by atoms with Gasteiger partial charge in [0.05, 0.1) is 12.6 Å². The summed E-state index contributed by atoms with van der Waals surface area (Å²) in [5.41, 5.74) is 1.91. The van der Waals surface area contributed by atoms with E-state index < -0.39 is 5.97 Å². The molecule has 2 aliphatic carbocycles. The summed E-state index contributed by atoms with van der Waals surface area (Å²) in [4.78, 5) is 25.0. The van der Waals surface area contributed by atoms with E-state index in [0.29, 0.717) is 12.3 Å². The van der Waals surface area contributed by atoms with Crippen molar-refractivity contribution in [2.24, 2.45) is 0 Å². The number of likely N-dealkylation sites (N-methyl/N-ethyl adjacent to an activating group) is 1. The molecule has 2 aliphatic rings. The van der Waals surface area contributed by atoms with Crippen LogP contribution < -0.4 is 10.6 Å². The Morgan fingerprint density at radius 1 is 1.28 bits per heavy atom. The first kappa shape index (κ1) is 17.5. The first-order valence-electron chi connectivity index (χ1n) is 8.81. The van der Waals surface area contributed by atoms with Gasteiger partial charge in [-0.25, -0.2) is 4.79 Å². The monoisotopic (exact) mass is 347 g/mol. The number of hydrogen-bond donors (Lipinski definition) is 4. The van der Waals surface area contributed by atoms with Crippen molar-refractivity contribution in [2.45, 2.75) is 50.7 Å². The Kier molecular flexibility index (Phi) is 5.13. The van der Waals surface area contributed by atoms with Crippen molar-refractivity contribution in [1.29, 1.82) is 0 Å². The van der Waals surface area contributed by atoms with Crippen LogP contribution >= 0.6 is 0 Å². The van der Waals surface area contributed by atoms with Crippen molar-refractivity contribution >= 4 is 12.0 Å². The number of benzene rings is 1. The minimum atomic E-state index is -0.820. The first-order valence-corrected chi connectivity index (χ1v) is 8.81. The van der Waals surface area contributed by atoms with Gasteiger partial charge < -0.3 is 20.8 Å². The molecule has 0 aromatic heterocycles. The van der Waals surface area contributed by atoms with Crippen LogP contribution in [0.4, 0.5) is 4.79 Å². The summed E-state index contributed by atoms with van der Waals surface area (Å²) in [6.45, 7) is 2.68. The van der Waals surface area contributed by atoms with E-state index in [0.717, 1.165) is 36.8 Å². The largest absolute Gasteiger partial charge is 0.508 e. The molecular weight excluding hydrogens is 322 g/mol. The number of hydrogen-bond acceptors (Lipinski definition) is 4. The zero-order valence-electron chi connectivity index (χ0n) is 14.4. The number of aromatic hydroxyl groups is 1. The zero-order chi connectivity index (χ0) is 18.0. The molecule has 1 aromatic rings. The van der Waals surface area contributed by atoms with E-state index in [1.165, 1.54) is 0 Å². The molecule has 1 fully saturated rings. The van der Waals surface area contributed by atoms with Crippen LogP contribution in [0.5, 0.6) is 5.75 Å². The number of rotatable bonds is 6. The molecule has 3 rings (SSSR count). The molecule has 0 radical (unpaired) electrons. The van der Waals surface area contributed by atoms with E-state index >= 15 is 0 Å². The Labute approximate surface area is 147 Å². The fourth-order valence-electron chi connectivity index (χ4n) is 3.85. The van der Waals surface area contributed by atoms with Crippen molar-refractivity contribution in [3.8, 4) is 5.75 Å². The molecule has 0 heterocycles. The van der Waals surface area contributed by atoms with Gasteiger partial charge in [0, 0.05) is 12.1 Å². The van der Waals surface area contributed by atoms with Crippen LogP contribution in [0.2, 0.25) is 0 Å². The predicted octanol–water partition coefficient (Wildman–Crippen LogP) is 1.62. The molecule has 1 saturated carbocycles. The summed E-state index contributed by atoms with van der Waals surface area (Å²) in [7, 11) is 0. The lowest BCUT2D eigenvalue weighted by Gasteiger charge is -2.42. The second-order valence-corrected chi connectivity index (χ2v) is 6.83. The normalized spacial score (nSPS) is 24.5. The van der Waals surface area contributed by atoms with Crippen LogP contribution in [0.1, 0.15) is 43.4 Å². The van der Waals surface area contributed by atoms with Crippen molar-refractivity contribution in [1.82, 2.24) is 15.5 Å². The number of nitrogens with one attached hydrogen (secondary N) is 2. The summed E-state index contributed by atoms with van der Waals surface area (Å²) in [6, 6.07) is 5.44. The predicted molar refractivity (Wildman–Crippen MR) is 92.5 cm³/mol. The molecule has 1 unspecified atom stereocenters. The molecule has 0 spiro atoms. The van der Waals surface area contributed by atoms with Gasteiger partial charge in [0.1, 0.15) is 5.75 Å². The standard InChI is InChI=1S/C18H25N3O4/c1-2-21(10-17(23)24)12-8-11(9-12)19-18(25)20-15-7-6-14-13(15)4-3-5-16(14)22/h3-5,11-12,15,22H,2,6-10H2,1H3,(H,23,24)(H2,19,20,25). The van der Waals surface area contributed by atoms with Gasteiger partial charge in [-0.05, 0) is 49.4 Å². The maximum absolute atomic E-state index is 12.2. The van der Waals surface area contributed by atoms with Crippen LogP contribution in [-0.4, -0.2) is 52.3 Å². The smallest absolute Gasteiger partial charge is 0.317 e. The Balaban J connectivity index is 1.46. The number of carboxylic acid groups (broad SMARTS) is 1. The third-order valence-corrected chi connectivity index (χ3v) is 5.26. The highest BCUT2D eigenvalue weighted by Gasteiger charge is 2.35. The molecule has 2 amide bonds. The molecule has 4 N–H and O–H groups in total. The number of nitrogens with zero attached hydrogens (tertiary/aromatic N) is 1. The number of carbonyl (C=O) groups excluding carboxylic acids is 1. The number of carbonyl (C=O) groups is 2. The van der Waals surface area contributed by atoms with Crippen molar-refractivity contribution in [3.63, 3.8) is 0 Å². The van der Waals surface area contributed by atoms with Gasteiger partial charge in [-0.3, -0.25) is 9.69 Å². The fourth-order valence-corrected chi connectivity index (χ4v) is 3.85. The molecule has 7 heteroatoms. The number of carboxylic acids is 1. The summed E-state index contributed by atoms with van der Waals surface area (Å²) in [5.74, 6) is -0.527. The van der Waals surface area contributed by atoms with Gasteiger partial charge in [-0.15, -0.1) is 0 Å². The lowest BCUT2D eigenvalue weighted by Crippen LogP contribution is -2.56. The van der Waals surface area contributed by atoms with Gasteiger partial charge in [0.25, 0.3) is 0 Å². The average molecular weight is 347 g/mol. The zero-order valence-corrected chi connectivity index (χ0v) is 14.4. The molecule has 25 heavy (non-hydrogen) atoms. The van der Waals surface area contributed by atoms with Crippen molar-refractivity contribution in [2.75, 3.05) is 13.1 Å². The Morgan fingerprint density at radius 2 is 2.04 bits per heavy atom. The summed E-state index contributed by atoms with van der Waals surface area (Å²) in [5, 5.41) is 24.7. The second-order valence-electron chi connectivity index (χ2n) is 6.83. The van der Waals surface area contributed by atoms with E-state index in [2.05, 4.69) is 10.6 Å². The second kappa shape index (κ2) is 7.31. The van der Waals surface area contributed by atoms with Gasteiger partial charge >= 0.3 is 12.0 Å². The minimum absolute atomic E-state index is 0.0441. The molecule has 7 nitrogen and oxygen atoms in total. The summed E-state index contributed by atoms with van der Waals surface area (Å²) < 4.78 is 0. The number of aliphatic carboxylic acids is 1. The molecule has 0 bridgehead atoms. The third-order valence-electron chi connectivity index (χ3n) is 5.26. The highest BCUT2D eigenvalue weighted by atomic mass is 16.4. The maximum Gasteiger partial charge on any atom is 0.317 e. The molecule has 136 valence electrons. The number of fused-ring (bicyclic) bond motifs is 1. The molecular formula is C18H25N3O4. The van der Waals surface area contributed by atoms with Crippen molar-refractivity contribution in [3.05, 3.63) is 29.3 Å². The van der Waals surface area contributed by atoms with Crippen LogP contribution in [0.25, 0.3) is 0 Å². The Bertz CT molecular complexity index is 658. The highest BCUT2D eigenvalue weighted by Crippen LogP contribution is 2.36. The quantitative estimate of drug-likeness (QED) is 0.626. The van der Waals surface area contributed by atoms with E-state index in [-0.39, 0.29) is 30.7 Å². The van der Waals surface area contributed by atoms with E-state index in [4.69, 9.17) is 5.11 Å². The number of amides is 2. The Morgan fingerprint density at radius 3 is 2.72 bits per heavy atom. The van der Waals surface area contributed by atoms with Crippen LogP contribution in [0, 0.1) is 0 Å². The van der Waals surface area contributed by atoms with E-state index in [1.54, 1.807) is 12.1 Å². The van der Waals surface area contributed by atoms with Crippen LogP contribution in [0.3, 0.4) is 0 Å². The minimum Gasteiger partial charge on any atom is -0.508 e. The lowest BCUT2D eigenvalue weighted by atomic mass is 9.85. The average Bonchev–Trinajstić information content (AvgIpc) is 2.93. The molecule has 1 aromatic carbocycles. The fraction of sp³-hybridized carbons (Fsp3) is 0.556. The van der Waals surface area contributed by atoms with Crippen LogP contribution in [0.15, 0.2) is 18.2 Å². The number of phenolic OH excluding ortho intramolecular Hbond substituents is 1. The highest BCUT2D eigenvalue weighted by molar-refractivity contribution is 5.75. The van der Waals surface area contributed by atoms with E-state index in [1.807, 2.05) is 17.9 Å². The van der Waals surface area contributed by atoms with Gasteiger partial charge in [-0.1, -0.05) is 19.1 Å². The van der Waals surface area contributed by atoms with Gasteiger partial charge in [0.2, 0.25) is 0 Å². The Hall–Kier alpha value is -2.28. The van der Waals surface area contributed by atoms with Gasteiger partial charge in [-0.2, -0.15) is 0 Å². The maximum atomic E-state index is 12.2. The molecule has 0 aliphatic heterocycles. The topological polar surface area (TPSA) is 102 Å². The lowest BCUT2D eigenvalue weighted by molar-refractivity contribution is -0.139. The number of urea groups is 1. The van der Waals surface area contributed by atoms with Crippen molar-refractivity contribution < 1.29 is 19.8 Å². The molecule has 1 atom stereocenters.